The predicted octanol–water partition coefficient (Wildman–Crippen LogP) is 9.56. The molecule has 24 heteroatoms. The molecule has 0 aromatic heterocycles. The molecule has 0 aliphatic carbocycles. The van der Waals surface area contributed by atoms with Crippen molar-refractivity contribution in [2.24, 2.45) is 0 Å². The quantitative estimate of drug-likeness (QED) is 0.0157. The first-order valence-corrected chi connectivity index (χ1v) is 35.2. The molecule has 2 atom stereocenters. The first kappa shape index (κ1) is 74.4. The molecular formula is C65H90Au2Cl2N4O16. The normalized spacial score (nSPS) is 16.0. The zero-order chi connectivity index (χ0) is 63.0. The van der Waals surface area contributed by atoms with E-state index in [1.807, 2.05) is 6.07 Å². The van der Waals surface area contributed by atoms with Crippen LogP contribution >= 0.6 is 18.4 Å². The number of ether oxygens (including phenoxy) is 16. The molecule has 502 valence electrons. The molecule has 4 aliphatic rings. The molecule has 5 aromatic carbocycles. The van der Waals surface area contributed by atoms with Crippen molar-refractivity contribution in [3.05, 3.63) is 145 Å². The minimum absolute atomic E-state index is 0.310. The Kier molecular flexibility index (Phi) is 36.9. The molecule has 5 aromatic rings. The van der Waals surface area contributed by atoms with Crippen LogP contribution in [0.1, 0.15) is 22.3 Å². The second-order valence-electron chi connectivity index (χ2n) is 20.6. The molecule has 0 saturated carbocycles. The van der Waals surface area contributed by atoms with Gasteiger partial charge in [-0.2, -0.15) is 6.67 Å². The third-order valence-electron chi connectivity index (χ3n) is 14.5. The first-order chi connectivity index (χ1) is 44.0. The fourth-order valence-electron chi connectivity index (χ4n) is 10.5. The number of quaternary nitrogens is 2. The van der Waals surface area contributed by atoms with Crippen LogP contribution in [0.5, 0.6) is 23.0 Å². The van der Waals surface area contributed by atoms with E-state index in [0.29, 0.717) is 204 Å². The number of methoxy groups -OCH3 is 4. The Bertz CT molecular complexity index is 2680. The van der Waals surface area contributed by atoms with E-state index in [2.05, 4.69) is 145 Å². The molecule has 0 amide bonds. The van der Waals surface area contributed by atoms with E-state index in [0.717, 1.165) is 31.1 Å². The SMILES string of the molecule is COCCOCCOCCOc1cc2c(cc1OCCOCCOCCOC)N(Cc1ccccc1C[N+]13[CH-][N+](Cc4ccccc4)(C1)c1cc(OCCOCCOCCOC)c(OCCOCCOCCOC)cc13)[CH-]N2Cc1ccccc1.[Cl][Au].[Cl][Au]. The summed E-state index contributed by atoms with van der Waals surface area (Å²) >= 11 is 3.50. The zero-order valence-corrected chi connectivity index (χ0v) is 57.6. The van der Waals surface area contributed by atoms with Crippen molar-refractivity contribution < 1.29 is 116 Å². The van der Waals surface area contributed by atoms with E-state index in [1.54, 1.807) is 68.4 Å². The van der Waals surface area contributed by atoms with E-state index in [4.69, 9.17) is 75.8 Å². The fraction of sp³-hybridized carbons (Fsp3) is 0.508. The molecule has 2 bridgehead atoms. The minimum atomic E-state index is 0.310. The third-order valence-corrected chi connectivity index (χ3v) is 14.5. The Hall–Kier alpha value is -3.60. The second kappa shape index (κ2) is 44.1. The van der Waals surface area contributed by atoms with Crippen LogP contribution in [-0.4, -0.2) is 194 Å². The van der Waals surface area contributed by atoms with Crippen LogP contribution in [0, 0.1) is 13.3 Å². The van der Waals surface area contributed by atoms with Gasteiger partial charge >= 0.3 is 58.4 Å². The zero-order valence-electron chi connectivity index (χ0n) is 51.7. The van der Waals surface area contributed by atoms with Gasteiger partial charge in [0.1, 0.15) is 26.4 Å². The van der Waals surface area contributed by atoms with Gasteiger partial charge in [-0.3, -0.25) is 0 Å². The molecule has 9 rings (SSSR count). The first-order valence-electron chi connectivity index (χ1n) is 29.8. The Morgan fingerprint density at radius 3 is 1.04 bits per heavy atom. The van der Waals surface area contributed by atoms with Crippen LogP contribution in [0.2, 0.25) is 0 Å². The summed E-state index contributed by atoms with van der Waals surface area (Å²) in [5.41, 5.74) is 9.21. The van der Waals surface area contributed by atoms with Crippen molar-refractivity contribution in [2.75, 3.05) is 203 Å². The molecule has 1 fully saturated rings. The Morgan fingerprint density at radius 2 is 0.663 bits per heavy atom. The van der Waals surface area contributed by atoms with Crippen LogP contribution < -0.4 is 37.7 Å². The van der Waals surface area contributed by atoms with Gasteiger partial charge in [0.25, 0.3) is 0 Å². The van der Waals surface area contributed by atoms with Crippen LogP contribution in [0.3, 0.4) is 0 Å². The molecule has 4 heterocycles. The van der Waals surface area contributed by atoms with E-state index < -0.39 is 0 Å². The van der Waals surface area contributed by atoms with Gasteiger partial charge in [0.05, 0.1) is 152 Å². The summed E-state index contributed by atoms with van der Waals surface area (Å²) in [4.78, 5) is 4.61. The maximum atomic E-state index is 6.60. The molecule has 0 radical (unpaired) electrons. The van der Waals surface area contributed by atoms with Crippen molar-refractivity contribution in [1.82, 2.24) is 8.97 Å². The van der Waals surface area contributed by atoms with Gasteiger partial charge in [0.15, 0.2) is 41.0 Å². The third kappa shape index (κ3) is 24.4. The summed E-state index contributed by atoms with van der Waals surface area (Å²) in [6.45, 7) is 19.0. The van der Waals surface area contributed by atoms with Crippen LogP contribution in [-0.2, 0) is 123 Å². The molecule has 0 N–H and O–H groups in total. The van der Waals surface area contributed by atoms with Crippen molar-refractivity contribution in [3.8, 4) is 23.0 Å². The molecule has 0 spiro atoms. The van der Waals surface area contributed by atoms with Gasteiger partial charge in [-0.1, -0.05) is 84.9 Å². The number of benzene rings is 5. The topological polar surface area (TPSA) is 154 Å². The van der Waals surface area contributed by atoms with Crippen molar-refractivity contribution in [2.45, 2.75) is 26.2 Å². The van der Waals surface area contributed by atoms with Gasteiger partial charge < -0.3 is 94.6 Å². The number of anilines is 2. The van der Waals surface area contributed by atoms with Crippen LogP contribution in [0.15, 0.2) is 109 Å². The van der Waals surface area contributed by atoms with Crippen LogP contribution in [0.4, 0.5) is 22.7 Å². The van der Waals surface area contributed by atoms with E-state index in [-0.39, 0.29) is 0 Å². The number of rotatable bonds is 48. The van der Waals surface area contributed by atoms with Gasteiger partial charge in [0, 0.05) is 88.3 Å². The van der Waals surface area contributed by atoms with Gasteiger partial charge in [0.2, 0.25) is 0 Å². The number of nitrogens with zero attached hydrogens (tertiary/aromatic N) is 4. The molecule has 89 heavy (non-hydrogen) atoms. The predicted molar refractivity (Wildman–Crippen MR) is 337 cm³/mol. The second-order valence-corrected chi connectivity index (χ2v) is 20.6. The summed E-state index contributed by atoms with van der Waals surface area (Å²) in [7, 11) is 15.8. The number of hydrogen-bond donors (Lipinski definition) is 0. The molecule has 2 unspecified atom stereocenters. The van der Waals surface area contributed by atoms with Gasteiger partial charge in [-0.05, 0) is 11.1 Å². The molecule has 4 aliphatic heterocycles. The van der Waals surface area contributed by atoms with Crippen molar-refractivity contribution in [3.63, 3.8) is 0 Å². The Morgan fingerprint density at radius 1 is 0.360 bits per heavy atom. The summed E-state index contributed by atoms with van der Waals surface area (Å²) in [5.74, 6) is 2.55. The molecular weight excluding hydrogens is 1560 g/mol. The van der Waals surface area contributed by atoms with Crippen molar-refractivity contribution in [1.29, 1.82) is 0 Å². The monoisotopic (exact) mass is 1650 g/mol. The number of fused-ring (bicyclic) bond motifs is 1. The average Bonchev–Trinajstić information content (AvgIpc) is 1.52. The summed E-state index contributed by atoms with van der Waals surface area (Å²) in [5, 5.41) is 0. The van der Waals surface area contributed by atoms with Crippen LogP contribution in [0.25, 0.3) is 0 Å². The Labute approximate surface area is 559 Å². The van der Waals surface area contributed by atoms with E-state index in [9.17, 15) is 0 Å². The maximum absolute atomic E-state index is 6.60. The standard InChI is InChI=1S/C65H90N4O16.2Au.2ClH/c1-70-19-23-74-27-31-78-35-39-82-62-43-58-59(44-63(62)83-40-36-79-32-28-75-24-20-71-2)67(51-66(58)47-54-13-7-5-8-14-54)48-56-17-11-12-18-57(56)50-69-52-68(53-69,49-55-15-9-6-10-16-55)60-45-64(84-41-37-80-33-29-76-25-21-72-3)65(46-61(60)69)85-42-38-81-34-30-77-26-22-73-4;;;;/h5-18,43-46,51-52H,19-42,47-50,53H2,1-4H3;;;2*1H/q;2*+1;;/p-2. The van der Waals surface area contributed by atoms with Gasteiger partial charge in [-0.25, -0.2) is 0 Å². The number of halogens is 2. The summed E-state index contributed by atoms with van der Waals surface area (Å²) in [6.07, 6.45) is 0. The van der Waals surface area contributed by atoms with E-state index in [1.165, 1.54) is 33.6 Å². The fourth-order valence-corrected chi connectivity index (χ4v) is 10.5. The average molecular weight is 1650 g/mol. The molecule has 1 saturated heterocycles. The summed E-state index contributed by atoms with van der Waals surface area (Å²) < 4.78 is 93.9. The number of hydrogen-bond acceptors (Lipinski definition) is 18. The van der Waals surface area contributed by atoms with Gasteiger partial charge in [-0.15, -0.1) is 0 Å². The Balaban J connectivity index is 0.00000309. The van der Waals surface area contributed by atoms with Crippen molar-refractivity contribution >= 4 is 41.1 Å². The molecule has 20 nitrogen and oxygen atoms in total. The van der Waals surface area contributed by atoms with E-state index >= 15 is 0 Å². The summed E-state index contributed by atoms with van der Waals surface area (Å²) in [6, 6.07) is 38.6.